The van der Waals surface area contributed by atoms with Gasteiger partial charge in [-0.1, -0.05) is 19.4 Å². The molecule has 2 aliphatic carbocycles. The predicted octanol–water partition coefficient (Wildman–Crippen LogP) is 1.54. The number of rotatable bonds is 1. The van der Waals surface area contributed by atoms with Crippen molar-refractivity contribution in [2.75, 3.05) is 6.54 Å². The average Bonchev–Trinajstić information content (AvgIpc) is 2.30. The van der Waals surface area contributed by atoms with Crippen molar-refractivity contribution >= 4 is 0 Å². The quantitative estimate of drug-likeness (QED) is 0.703. The van der Waals surface area contributed by atoms with Crippen molar-refractivity contribution in [3.05, 3.63) is 23.4 Å². The Hall–Kier alpha value is -0.800. The number of nitrogens with zero attached hydrogens (tertiary/aromatic N) is 1. The zero-order chi connectivity index (χ0) is 11.1. The molecule has 0 bridgehead atoms. The smallest absolute Gasteiger partial charge is 0.132 e. The molecule has 0 radical (unpaired) electrons. The van der Waals surface area contributed by atoms with Crippen LogP contribution in [0.4, 0.5) is 0 Å². The molecule has 1 heterocycles. The molecule has 3 aliphatic rings. The third-order valence-corrected chi connectivity index (χ3v) is 4.27. The van der Waals surface area contributed by atoms with Gasteiger partial charge in [-0.3, -0.25) is 10.6 Å². The highest BCUT2D eigenvalue weighted by Gasteiger charge is 2.38. The molecule has 0 aromatic heterocycles. The first-order valence-electron chi connectivity index (χ1n) is 6.49. The summed E-state index contributed by atoms with van der Waals surface area (Å²) in [6.07, 6.45) is 9.74. The highest BCUT2D eigenvalue weighted by molar-refractivity contribution is 5.37. The zero-order valence-electron chi connectivity index (χ0n) is 9.95. The molecule has 16 heavy (non-hydrogen) atoms. The lowest BCUT2D eigenvalue weighted by molar-refractivity contribution is 0.100. The summed E-state index contributed by atoms with van der Waals surface area (Å²) in [5.41, 5.74) is 9.13. The highest BCUT2D eigenvalue weighted by Crippen LogP contribution is 2.41. The molecule has 0 spiro atoms. The van der Waals surface area contributed by atoms with Crippen molar-refractivity contribution in [3.63, 3.8) is 0 Å². The SMILES string of the molecule is CCN1C(N)NC2=C3C(CC=C2)CCCC31. The summed E-state index contributed by atoms with van der Waals surface area (Å²) in [4.78, 5) is 2.41. The van der Waals surface area contributed by atoms with Crippen LogP contribution in [0.2, 0.25) is 0 Å². The third kappa shape index (κ3) is 1.42. The van der Waals surface area contributed by atoms with Crippen LogP contribution in [0.15, 0.2) is 23.4 Å². The minimum Gasteiger partial charge on any atom is -0.358 e. The van der Waals surface area contributed by atoms with Gasteiger partial charge in [-0.05, 0) is 43.4 Å². The Morgan fingerprint density at radius 3 is 3.19 bits per heavy atom. The highest BCUT2D eigenvalue weighted by atomic mass is 15.4. The maximum Gasteiger partial charge on any atom is 0.132 e. The largest absolute Gasteiger partial charge is 0.358 e. The standard InChI is InChI=1S/C13H21N3/c1-2-16-11-8-4-6-9-5-3-7-10(12(9)11)15-13(16)14/h3,7,9,11,13,15H,2,4-6,8,14H2,1H3. The summed E-state index contributed by atoms with van der Waals surface area (Å²) in [5, 5.41) is 3.44. The second-order valence-corrected chi connectivity index (χ2v) is 5.07. The maximum atomic E-state index is 6.18. The Labute approximate surface area is 97.4 Å². The summed E-state index contributed by atoms with van der Waals surface area (Å²) >= 11 is 0. The number of allylic oxidation sites excluding steroid dienone is 2. The van der Waals surface area contributed by atoms with Gasteiger partial charge in [0.25, 0.3) is 0 Å². The molecule has 3 N–H and O–H groups in total. The fraction of sp³-hybridized carbons (Fsp3) is 0.692. The number of hydrogen-bond acceptors (Lipinski definition) is 3. The minimum absolute atomic E-state index is 0.00440. The molecule has 0 amide bonds. The average molecular weight is 219 g/mol. The Bertz CT molecular complexity index is 345. The number of nitrogens with two attached hydrogens (primary N) is 1. The van der Waals surface area contributed by atoms with E-state index < -0.39 is 0 Å². The first kappa shape index (κ1) is 10.4. The topological polar surface area (TPSA) is 41.3 Å². The van der Waals surface area contributed by atoms with Gasteiger partial charge in [-0.25, -0.2) is 0 Å². The predicted molar refractivity (Wildman–Crippen MR) is 65.4 cm³/mol. The molecule has 0 saturated heterocycles. The summed E-state index contributed by atoms with van der Waals surface area (Å²) in [5.74, 6) is 0.771. The lowest BCUT2D eigenvalue weighted by Gasteiger charge is -2.48. The van der Waals surface area contributed by atoms with Crippen molar-refractivity contribution in [3.8, 4) is 0 Å². The Kier molecular flexibility index (Phi) is 2.52. The van der Waals surface area contributed by atoms with Gasteiger partial charge in [0.05, 0.1) is 0 Å². The van der Waals surface area contributed by atoms with Gasteiger partial charge in [0.15, 0.2) is 0 Å². The normalized spacial score (nSPS) is 38.2. The monoisotopic (exact) mass is 219 g/mol. The summed E-state index contributed by atoms with van der Waals surface area (Å²) in [6.45, 7) is 3.24. The fourth-order valence-corrected chi connectivity index (χ4v) is 3.56. The number of likely N-dealkylation sites (N-methyl/N-ethyl adjacent to an activating group) is 1. The minimum atomic E-state index is -0.00440. The Balaban J connectivity index is 2.01. The van der Waals surface area contributed by atoms with E-state index in [0.717, 1.165) is 12.5 Å². The van der Waals surface area contributed by atoms with Crippen LogP contribution in [-0.4, -0.2) is 23.8 Å². The van der Waals surface area contributed by atoms with Crippen molar-refractivity contribution in [2.24, 2.45) is 11.7 Å². The van der Waals surface area contributed by atoms with Gasteiger partial charge in [0, 0.05) is 11.7 Å². The van der Waals surface area contributed by atoms with Gasteiger partial charge in [-0.15, -0.1) is 0 Å². The molecule has 0 aromatic rings. The van der Waals surface area contributed by atoms with Crippen LogP contribution in [0.1, 0.15) is 32.6 Å². The fourth-order valence-electron chi connectivity index (χ4n) is 3.56. The van der Waals surface area contributed by atoms with Crippen LogP contribution in [0.5, 0.6) is 0 Å². The second-order valence-electron chi connectivity index (χ2n) is 5.07. The van der Waals surface area contributed by atoms with Gasteiger partial charge in [-0.2, -0.15) is 0 Å². The van der Waals surface area contributed by atoms with Crippen LogP contribution in [-0.2, 0) is 0 Å². The molecule has 1 aliphatic heterocycles. The van der Waals surface area contributed by atoms with Crippen LogP contribution >= 0.6 is 0 Å². The lowest BCUT2D eigenvalue weighted by Crippen LogP contribution is -2.61. The molecular weight excluding hydrogens is 198 g/mol. The van der Waals surface area contributed by atoms with Crippen molar-refractivity contribution < 1.29 is 0 Å². The molecule has 0 aromatic carbocycles. The number of hydrogen-bond donors (Lipinski definition) is 2. The van der Waals surface area contributed by atoms with Crippen molar-refractivity contribution in [1.29, 1.82) is 0 Å². The van der Waals surface area contributed by atoms with Gasteiger partial charge < -0.3 is 5.32 Å². The van der Waals surface area contributed by atoms with Crippen LogP contribution in [0.3, 0.4) is 0 Å². The Morgan fingerprint density at radius 1 is 1.50 bits per heavy atom. The van der Waals surface area contributed by atoms with Gasteiger partial charge in [0.2, 0.25) is 0 Å². The third-order valence-electron chi connectivity index (χ3n) is 4.27. The molecular formula is C13H21N3. The zero-order valence-corrected chi connectivity index (χ0v) is 9.95. The van der Waals surface area contributed by atoms with Gasteiger partial charge in [0.1, 0.15) is 6.29 Å². The van der Waals surface area contributed by atoms with Crippen LogP contribution in [0.25, 0.3) is 0 Å². The molecule has 1 saturated carbocycles. The molecule has 3 nitrogen and oxygen atoms in total. The van der Waals surface area contributed by atoms with E-state index in [2.05, 4.69) is 29.3 Å². The van der Waals surface area contributed by atoms with E-state index in [9.17, 15) is 0 Å². The van der Waals surface area contributed by atoms with E-state index in [1.54, 1.807) is 5.57 Å². The van der Waals surface area contributed by atoms with Crippen molar-refractivity contribution in [1.82, 2.24) is 10.2 Å². The maximum absolute atomic E-state index is 6.18. The van der Waals surface area contributed by atoms with E-state index >= 15 is 0 Å². The van der Waals surface area contributed by atoms with E-state index in [0.29, 0.717) is 6.04 Å². The van der Waals surface area contributed by atoms with Crippen LogP contribution < -0.4 is 11.1 Å². The van der Waals surface area contributed by atoms with Gasteiger partial charge >= 0.3 is 0 Å². The van der Waals surface area contributed by atoms with E-state index in [1.807, 2.05) is 0 Å². The van der Waals surface area contributed by atoms with E-state index in [4.69, 9.17) is 5.73 Å². The molecule has 3 atom stereocenters. The second kappa shape index (κ2) is 3.90. The lowest BCUT2D eigenvalue weighted by atomic mass is 9.74. The van der Waals surface area contributed by atoms with E-state index in [1.165, 1.54) is 31.4 Å². The first-order valence-corrected chi connectivity index (χ1v) is 6.49. The summed E-state index contributed by atoms with van der Waals surface area (Å²) in [6, 6.07) is 0.597. The first-order chi connectivity index (χ1) is 7.81. The van der Waals surface area contributed by atoms with E-state index in [-0.39, 0.29) is 6.29 Å². The Morgan fingerprint density at radius 2 is 2.38 bits per heavy atom. The number of nitrogens with one attached hydrogen (secondary N) is 1. The molecule has 1 fully saturated rings. The summed E-state index contributed by atoms with van der Waals surface area (Å²) in [7, 11) is 0. The molecule has 3 unspecified atom stereocenters. The van der Waals surface area contributed by atoms with Crippen molar-refractivity contribution in [2.45, 2.75) is 44.9 Å². The molecule has 3 rings (SSSR count). The molecule has 3 heteroatoms. The molecule has 88 valence electrons. The van der Waals surface area contributed by atoms with Crippen LogP contribution in [0, 0.1) is 5.92 Å². The summed E-state index contributed by atoms with van der Waals surface area (Å²) < 4.78 is 0.